The third-order valence-electron chi connectivity index (χ3n) is 4.55. The predicted octanol–water partition coefficient (Wildman–Crippen LogP) is 1.35. The molecule has 9 nitrogen and oxygen atoms in total. The minimum atomic E-state index is -3.57. The van der Waals surface area contributed by atoms with E-state index in [4.69, 9.17) is 9.26 Å². The Bertz CT molecular complexity index is 1030. The molecule has 0 amide bonds. The van der Waals surface area contributed by atoms with Crippen LogP contribution < -0.4 is 0 Å². The van der Waals surface area contributed by atoms with Crippen LogP contribution in [0.25, 0.3) is 0 Å². The molecule has 1 saturated heterocycles. The van der Waals surface area contributed by atoms with E-state index in [0.717, 1.165) is 5.56 Å². The van der Waals surface area contributed by atoms with Gasteiger partial charge in [0.05, 0.1) is 25.5 Å². The minimum Gasteiger partial charge on any atom is -0.376 e. The summed E-state index contributed by atoms with van der Waals surface area (Å²) in [4.78, 5) is 8.30. The lowest BCUT2D eigenvalue weighted by atomic mass is 10.0. The summed E-state index contributed by atoms with van der Waals surface area (Å²) in [6.07, 6.45) is 3.50. The molecule has 3 aromatic rings. The number of hydrogen-bond acceptors (Lipinski definition) is 7. The zero-order chi connectivity index (χ0) is 19.6. The largest absolute Gasteiger partial charge is 0.376 e. The summed E-state index contributed by atoms with van der Waals surface area (Å²) in [6.45, 7) is 1.64. The van der Waals surface area contributed by atoms with Crippen molar-refractivity contribution in [3.63, 3.8) is 0 Å². The van der Waals surface area contributed by atoms with Gasteiger partial charge in [0, 0.05) is 32.8 Å². The zero-order valence-electron chi connectivity index (χ0n) is 15.4. The van der Waals surface area contributed by atoms with E-state index in [2.05, 4.69) is 15.1 Å². The van der Waals surface area contributed by atoms with Crippen LogP contribution in [-0.4, -0.2) is 52.1 Å². The number of rotatable bonds is 8. The van der Waals surface area contributed by atoms with Crippen LogP contribution in [0.3, 0.4) is 0 Å². The summed E-state index contributed by atoms with van der Waals surface area (Å²) in [5.41, 5.74) is 1.11. The Hall–Kier alpha value is -2.56. The monoisotopic (exact) mass is 403 g/mol. The van der Waals surface area contributed by atoms with Gasteiger partial charge in [0.25, 0.3) is 10.0 Å². The Labute approximate surface area is 163 Å². The first-order chi connectivity index (χ1) is 13.5. The van der Waals surface area contributed by atoms with E-state index in [1.807, 2.05) is 30.3 Å². The molecule has 0 aliphatic carbocycles. The molecule has 0 spiro atoms. The van der Waals surface area contributed by atoms with E-state index < -0.39 is 10.0 Å². The van der Waals surface area contributed by atoms with E-state index in [0.29, 0.717) is 44.4 Å². The summed E-state index contributed by atoms with van der Waals surface area (Å²) >= 11 is 0. The quantitative estimate of drug-likeness (QED) is 0.523. The number of aromatic nitrogens is 4. The average molecular weight is 403 g/mol. The molecule has 0 bridgehead atoms. The van der Waals surface area contributed by atoms with Crippen molar-refractivity contribution in [3.05, 3.63) is 60.1 Å². The Morgan fingerprint density at radius 2 is 2.04 bits per heavy atom. The van der Waals surface area contributed by atoms with Crippen LogP contribution in [0.5, 0.6) is 0 Å². The van der Waals surface area contributed by atoms with Gasteiger partial charge >= 0.3 is 0 Å². The Kier molecular flexibility index (Phi) is 5.25. The number of aryl methyl sites for hydroxylation is 1. The van der Waals surface area contributed by atoms with Crippen molar-refractivity contribution in [2.45, 2.75) is 24.0 Å². The van der Waals surface area contributed by atoms with Gasteiger partial charge in [-0.15, -0.1) is 0 Å². The van der Waals surface area contributed by atoms with Gasteiger partial charge in [-0.05, 0) is 5.56 Å². The summed E-state index contributed by atoms with van der Waals surface area (Å²) in [5.74, 6) is 0.935. The summed E-state index contributed by atoms with van der Waals surface area (Å²) < 4.78 is 38.8. The minimum absolute atomic E-state index is 0.0511. The first-order valence-electron chi connectivity index (χ1n) is 8.94. The maximum Gasteiger partial charge on any atom is 0.262 e. The van der Waals surface area contributed by atoms with Crippen molar-refractivity contribution in [3.8, 4) is 0 Å². The highest BCUT2D eigenvalue weighted by atomic mass is 32.2. The van der Waals surface area contributed by atoms with Crippen molar-refractivity contribution in [1.82, 2.24) is 24.0 Å². The number of hydrogen-bond donors (Lipinski definition) is 0. The van der Waals surface area contributed by atoms with Crippen LogP contribution in [0.4, 0.5) is 0 Å². The van der Waals surface area contributed by atoms with Crippen LogP contribution in [0.2, 0.25) is 0 Å². The second kappa shape index (κ2) is 7.82. The lowest BCUT2D eigenvalue weighted by molar-refractivity contribution is 0.122. The second-order valence-corrected chi connectivity index (χ2v) is 8.62. The molecular formula is C18H21N5O4S. The van der Waals surface area contributed by atoms with Crippen molar-refractivity contribution in [1.29, 1.82) is 0 Å². The maximum absolute atomic E-state index is 12.5. The molecule has 0 atom stereocenters. The third kappa shape index (κ3) is 3.98. The molecule has 1 aliphatic heterocycles. The normalized spacial score (nSPS) is 15.6. The number of imidazole rings is 1. The van der Waals surface area contributed by atoms with Gasteiger partial charge in [-0.1, -0.05) is 35.5 Å². The van der Waals surface area contributed by atoms with Gasteiger partial charge in [0.15, 0.2) is 10.9 Å². The first-order valence-corrected chi connectivity index (χ1v) is 10.4. The van der Waals surface area contributed by atoms with E-state index in [9.17, 15) is 8.42 Å². The maximum atomic E-state index is 12.5. The van der Waals surface area contributed by atoms with E-state index in [1.54, 1.807) is 11.6 Å². The summed E-state index contributed by atoms with van der Waals surface area (Å²) in [7, 11) is -1.84. The molecule has 0 N–H and O–H groups in total. The lowest BCUT2D eigenvalue weighted by Crippen LogP contribution is -2.48. The van der Waals surface area contributed by atoms with Crippen molar-refractivity contribution in [2.24, 2.45) is 7.05 Å². The van der Waals surface area contributed by atoms with Gasteiger partial charge in [0.2, 0.25) is 5.89 Å². The fraction of sp³-hybridized carbons (Fsp3) is 0.389. The summed E-state index contributed by atoms with van der Waals surface area (Å²) in [5, 5.41) is 4.01. The molecule has 10 heteroatoms. The van der Waals surface area contributed by atoms with Crippen LogP contribution in [-0.2, 0) is 34.8 Å². The van der Waals surface area contributed by atoms with Crippen molar-refractivity contribution < 1.29 is 17.7 Å². The van der Waals surface area contributed by atoms with Crippen LogP contribution in [0.1, 0.15) is 23.2 Å². The number of nitrogens with zero attached hydrogens (tertiary/aromatic N) is 5. The molecule has 0 saturated carbocycles. The molecular weight excluding hydrogens is 382 g/mol. The van der Waals surface area contributed by atoms with E-state index in [1.165, 1.54) is 16.8 Å². The zero-order valence-corrected chi connectivity index (χ0v) is 16.2. The smallest absolute Gasteiger partial charge is 0.262 e. The molecule has 28 heavy (non-hydrogen) atoms. The number of ether oxygens (including phenoxy) is 1. The molecule has 2 aromatic heterocycles. The van der Waals surface area contributed by atoms with Gasteiger partial charge in [-0.3, -0.25) is 0 Å². The first kappa shape index (κ1) is 18.8. The highest BCUT2D eigenvalue weighted by Crippen LogP contribution is 2.30. The highest BCUT2D eigenvalue weighted by Gasteiger charge is 2.41. The average Bonchev–Trinajstić information content (AvgIpc) is 3.28. The number of sulfonamides is 1. The lowest BCUT2D eigenvalue weighted by Gasteiger charge is -2.35. The fourth-order valence-corrected chi connectivity index (χ4v) is 4.40. The highest BCUT2D eigenvalue weighted by molar-refractivity contribution is 7.89. The van der Waals surface area contributed by atoms with Gasteiger partial charge in [-0.25, -0.2) is 13.4 Å². The third-order valence-corrected chi connectivity index (χ3v) is 6.27. The standard InChI is InChI=1S/C18H21N5O4S/c1-22-11-17(19-13-22)28(24,25)23-9-15(10-23)18-20-16(21-27-18)7-8-26-12-14-5-3-2-4-6-14/h2-6,11,13,15H,7-10,12H2,1H3. The second-order valence-electron chi connectivity index (χ2n) is 6.73. The van der Waals surface area contributed by atoms with Crippen molar-refractivity contribution in [2.75, 3.05) is 19.7 Å². The molecule has 148 valence electrons. The summed E-state index contributed by atoms with van der Waals surface area (Å²) in [6, 6.07) is 9.93. The van der Waals surface area contributed by atoms with Crippen LogP contribution >= 0.6 is 0 Å². The van der Waals surface area contributed by atoms with Gasteiger partial charge < -0.3 is 13.8 Å². The molecule has 1 aliphatic rings. The SMILES string of the molecule is Cn1cnc(S(=O)(=O)N2CC(c3nc(CCOCc4ccccc4)no3)C2)c1. The Morgan fingerprint density at radius 3 is 2.75 bits per heavy atom. The molecule has 0 unspecified atom stereocenters. The van der Waals surface area contributed by atoms with Crippen LogP contribution in [0, 0.1) is 0 Å². The topological polar surface area (TPSA) is 103 Å². The molecule has 0 radical (unpaired) electrons. The van der Waals surface area contributed by atoms with E-state index >= 15 is 0 Å². The predicted molar refractivity (Wildman–Crippen MR) is 98.8 cm³/mol. The van der Waals surface area contributed by atoms with Gasteiger partial charge in [-0.2, -0.15) is 9.29 Å². The molecule has 1 fully saturated rings. The fourth-order valence-electron chi connectivity index (χ4n) is 2.91. The van der Waals surface area contributed by atoms with E-state index in [-0.39, 0.29) is 10.9 Å². The number of benzene rings is 1. The van der Waals surface area contributed by atoms with Crippen LogP contribution in [0.15, 0.2) is 52.4 Å². The van der Waals surface area contributed by atoms with Crippen molar-refractivity contribution >= 4 is 10.0 Å². The molecule has 1 aromatic carbocycles. The molecule has 3 heterocycles. The molecule has 4 rings (SSSR count). The Morgan fingerprint density at radius 1 is 1.25 bits per heavy atom. The van der Waals surface area contributed by atoms with Gasteiger partial charge in [0.1, 0.15) is 0 Å². The Balaban J connectivity index is 1.25.